The van der Waals surface area contributed by atoms with Crippen LogP contribution in [0.15, 0.2) is 52.0 Å². The molecule has 6 nitrogen and oxygen atoms in total. The van der Waals surface area contributed by atoms with E-state index in [2.05, 4.69) is 21.0 Å². The van der Waals surface area contributed by atoms with Gasteiger partial charge in [0, 0.05) is 28.9 Å². The number of hydrogen-bond donors (Lipinski definition) is 0. The van der Waals surface area contributed by atoms with Crippen LogP contribution < -0.4 is 4.74 Å². The van der Waals surface area contributed by atoms with Gasteiger partial charge in [-0.15, -0.1) is 5.10 Å². The number of nitrogens with zero attached hydrogens (tertiary/aromatic N) is 2. The topological polar surface area (TPSA) is 68.2 Å². The molecular weight excluding hydrogens is 424 g/mol. The van der Waals surface area contributed by atoms with E-state index < -0.39 is 12.2 Å². The summed E-state index contributed by atoms with van der Waals surface area (Å²) < 4.78 is 11.9. The summed E-state index contributed by atoms with van der Waals surface area (Å²) in [6.45, 7) is 2.69. The molecule has 0 unspecified atom stereocenters. The summed E-state index contributed by atoms with van der Waals surface area (Å²) in [5, 5.41) is 6.06. The maximum Gasteiger partial charge on any atom is 0.308 e. The zero-order valence-corrected chi connectivity index (χ0v) is 16.2. The van der Waals surface area contributed by atoms with Gasteiger partial charge >= 0.3 is 5.97 Å². The molecule has 1 heterocycles. The predicted octanol–water partition coefficient (Wildman–Crippen LogP) is 4.27. The van der Waals surface area contributed by atoms with Gasteiger partial charge in [0.1, 0.15) is 5.75 Å². The lowest BCUT2D eigenvalue weighted by atomic mass is 10.1. The SMILES string of the molecule is CC(=O)Oc1ccc(Br)cc1[C@H]1OC(c2ccc(Cl)cc2)=NN1C(C)=O. The third kappa shape index (κ3) is 3.89. The largest absolute Gasteiger partial charge is 0.446 e. The average molecular weight is 438 g/mol. The minimum Gasteiger partial charge on any atom is -0.446 e. The monoisotopic (exact) mass is 436 g/mol. The van der Waals surface area contributed by atoms with Gasteiger partial charge in [-0.2, -0.15) is 5.01 Å². The molecule has 0 N–H and O–H groups in total. The van der Waals surface area contributed by atoms with Gasteiger partial charge in [-0.1, -0.05) is 27.5 Å². The fourth-order valence-corrected chi connectivity index (χ4v) is 2.94. The quantitative estimate of drug-likeness (QED) is 0.531. The molecule has 0 radical (unpaired) electrons. The van der Waals surface area contributed by atoms with Crippen LogP contribution in [0.3, 0.4) is 0 Å². The number of rotatable bonds is 3. The smallest absolute Gasteiger partial charge is 0.308 e. The number of hydrogen-bond acceptors (Lipinski definition) is 5. The molecular formula is C18H14BrClN2O4. The number of benzene rings is 2. The van der Waals surface area contributed by atoms with E-state index in [-0.39, 0.29) is 11.8 Å². The molecule has 0 bridgehead atoms. The van der Waals surface area contributed by atoms with Crippen molar-refractivity contribution in [3.8, 4) is 5.75 Å². The van der Waals surface area contributed by atoms with Crippen LogP contribution in [-0.4, -0.2) is 22.8 Å². The van der Waals surface area contributed by atoms with Gasteiger partial charge in [0.2, 0.25) is 18.0 Å². The third-order valence-corrected chi connectivity index (χ3v) is 4.29. The van der Waals surface area contributed by atoms with Crippen molar-refractivity contribution >= 4 is 45.3 Å². The molecule has 0 spiro atoms. The summed E-state index contributed by atoms with van der Waals surface area (Å²) in [5.74, 6) is -0.215. The van der Waals surface area contributed by atoms with Crippen molar-refractivity contribution in [1.82, 2.24) is 5.01 Å². The van der Waals surface area contributed by atoms with Crippen molar-refractivity contribution in [3.63, 3.8) is 0 Å². The maximum absolute atomic E-state index is 12.1. The Morgan fingerprint density at radius 2 is 1.88 bits per heavy atom. The Kier molecular flexibility index (Phi) is 5.29. The predicted molar refractivity (Wildman–Crippen MR) is 99.8 cm³/mol. The first-order chi connectivity index (χ1) is 12.3. The molecule has 134 valence electrons. The Bertz CT molecular complexity index is 899. The van der Waals surface area contributed by atoms with Crippen LogP contribution in [0.1, 0.15) is 31.2 Å². The van der Waals surface area contributed by atoms with Gasteiger partial charge in [0.05, 0.1) is 5.56 Å². The van der Waals surface area contributed by atoms with Crippen LogP contribution in [0.2, 0.25) is 5.02 Å². The van der Waals surface area contributed by atoms with Gasteiger partial charge < -0.3 is 9.47 Å². The van der Waals surface area contributed by atoms with Crippen LogP contribution in [0.25, 0.3) is 0 Å². The number of esters is 1. The van der Waals surface area contributed by atoms with Crippen LogP contribution in [-0.2, 0) is 14.3 Å². The molecule has 26 heavy (non-hydrogen) atoms. The molecule has 1 atom stereocenters. The molecule has 0 fully saturated rings. The molecule has 8 heteroatoms. The molecule has 0 aromatic heterocycles. The van der Waals surface area contributed by atoms with Gasteiger partial charge in [-0.3, -0.25) is 9.59 Å². The molecule has 1 aliphatic heterocycles. The van der Waals surface area contributed by atoms with Crippen molar-refractivity contribution in [2.24, 2.45) is 5.10 Å². The number of amides is 1. The number of carbonyl (C=O) groups is 2. The molecule has 0 aliphatic carbocycles. The van der Waals surface area contributed by atoms with Crippen LogP contribution in [0.4, 0.5) is 0 Å². The van der Waals surface area contributed by atoms with E-state index in [1.807, 2.05) is 0 Å². The van der Waals surface area contributed by atoms with E-state index in [1.165, 1.54) is 18.9 Å². The molecule has 2 aromatic carbocycles. The normalized spacial score (nSPS) is 16.1. The zero-order chi connectivity index (χ0) is 18.8. The standard InChI is InChI=1S/C18H14BrClN2O4/c1-10(23)22-18(15-9-13(19)5-8-16(15)25-11(2)24)26-17(21-22)12-3-6-14(20)7-4-12/h3-9,18H,1-2H3/t18-/m1/s1. The summed E-state index contributed by atoms with van der Waals surface area (Å²) in [5.41, 5.74) is 1.17. The highest BCUT2D eigenvalue weighted by Gasteiger charge is 2.35. The molecule has 0 saturated heterocycles. The fourth-order valence-electron chi connectivity index (χ4n) is 2.44. The van der Waals surface area contributed by atoms with Crippen LogP contribution in [0, 0.1) is 0 Å². The fraction of sp³-hybridized carbons (Fsp3) is 0.167. The first-order valence-electron chi connectivity index (χ1n) is 7.64. The summed E-state index contributed by atoms with van der Waals surface area (Å²) in [7, 11) is 0. The lowest BCUT2D eigenvalue weighted by Crippen LogP contribution is -2.26. The Hall–Kier alpha value is -2.38. The Morgan fingerprint density at radius 1 is 1.19 bits per heavy atom. The lowest BCUT2D eigenvalue weighted by molar-refractivity contribution is -0.135. The van der Waals surface area contributed by atoms with Crippen molar-refractivity contribution in [2.45, 2.75) is 20.1 Å². The number of carbonyl (C=O) groups excluding carboxylic acids is 2. The second kappa shape index (κ2) is 7.47. The van der Waals surface area contributed by atoms with Crippen molar-refractivity contribution in [3.05, 3.63) is 63.1 Å². The van der Waals surface area contributed by atoms with Crippen molar-refractivity contribution < 1.29 is 19.1 Å². The highest BCUT2D eigenvalue weighted by molar-refractivity contribution is 9.10. The summed E-state index contributed by atoms with van der Waals surface area (Å²) in [6, 6.07) is 12.0. The Morgan fingerprint density at radius 3 is 2.50 bits per heavy atom. The van der Waals surface area contributed by atoms with Crippen molar-refractivity contribution in [1.29, 1.82) is 0 Å². The van der Waals surface area contributed by atoms with Gasteiger partial charge in [0.15, 0.2) is 0 Å². The first-order valence-corrected chi connectivity index (χ1v) is 8.81. The summed E-state index contributed by atoms with van der Waals surface area (Å²) in [4.78, 5) is 23.5. The van der Waals surface area contributed by atoms with E-state index in [9.17, 15) is 9.59 Å². The minimum absolute atomic E-state index is 0.274. The van der Waals surface area contributed by atoms with E-state index in [1.54, 1.807) is 42.5 Å². The maximum atomic E-state index is 12.1. The number of halogens is 2. The minimum atomic E-state index is -0.856. The zero-order valence-electron chi connectivity index (χ0n) is 13.9. The van der Waals surface area contributed by atoms with Crippen molar-refractivity contribution in [2.75, 3.05) is 0 Å². The second-order valence-corrected chi connectivity index (χ2v) is 6.87. The molecule has 1 amide bonds. The van der Waals surface area contributed by atoms with E-state index in [0.29, 0.717) is 21.9 Å². The molecule has 1 aliphatic rings. The van der Waals surface area contributed by atoms with Gasteiger partial charge in [-0.25, -0.2) is 0 Å². The van der Waals surface area contributed by atoms with Gasteiger partial charge in [0.25, 0.3) is 0 Å². The first kappa shape index (κ1) is 18.4. The van der Waals surface area contributed by atoms with Crippen LogP contribution in [0.5, 0.6) is 5.75 Å². The van der Waals surface area contributed by atoms with E-state index in [0.717, 1.165) is 4.47 Å². The highest BCUT2D eigenvalue weighted by atomic mass is 79.9. The number of hydrazone groups is 1. The van der Waals surface area contributed by atoms with Crippen LogP contribution >= 0.6 is 27.5 Å². The summed E-state index contributed by atoms with van der Waals surface area (Å²) in [6.07, 6.45) is -0.856. The Labute approximate surface area is 163 Å². The highest BCUT2D eigenvalue weighted by Crippen LogP contribution is 2.37. The Balaban J connectivity index is 2.00. The van der Waals surface area contributed by atoms with Gasteiger partial charge in [-0.05, 0) is 42.5 Å². The summed E-state index contributed by atoms with van der Waals surface area (Å²) >= 11 is 9.29. The number of ether oxygens (including phenoxy) is 2. The van der Waals surface area contributed by atoms with E-state index in [4.69, 9.17) is 21.1 Å². The molecule has 2 aromatic rings. The van der Waals surface area contributed by atoms with E-state index >= 15 is 0 Å². The third-order valence-electron chi connectivity index (χ3n) is 3.55. The molecule has 0 saturated carbocycles. The lowest BCUT2D eigenvalue weighted by Gasteiger charge is -2.21. The second-order valence-electron chi connectivity index (χ2n) is 5.52. The average Bonchev–Trinajstić information content (AvgIpc) is 3.02. The molecule has 3 rings (SSSR count).